The molecular formula is C28H32ClN3O5S. The summed E-state index contributed by atoms with van der Waals surface area (Å²) in [6.07, 6.45) is 0.351. The minimum absolute atomic E-state index is 0.00940. The second kappa shape index (κ2) is 12.8. The van der Waals surface area contributed by atoms with Crippen LogP contribution < -0.4 is 14.4 Å². The molecule has 2 amide bonds. The first-order valence-corrected chi connectivity index (χ1v) is 13.9. The maximum Gasteiger partial charge on any atom is 0.264 e. The zero-order valence-electron chi connectivity index (χ0n) is 21.8. The van der Waals surface area contributed by atoms with Crippen molar-refractivity contribution < 1.29 is 22.7 Å². The minimum atomic E-state index is -4.17. The fourth-order valence-electron chi connectivity index (χ4n) is 4.07. The van der Waals surface area contributed by atoms with Crippen molar-refractivity contribution in [2.45, 2.75) is 37.8 Å². The number of likely N-dealkylation sites (N-methyl/N-ethyl adjacent to an activating group) is 1. The number of nitrogens with zero attached hydrogens (tertiary/aromatic N) is 2. The van der Waals surface area contributed by atoms with E-state index in [0.29, 0.717) is 17.2 Å². The number of anilines is 1. The number of methoxy groups -OCH3 is 1. The maximum absolute atomic E-state index is 13.9. The molecule has 0 bridgehead atoms. The quantitative estimate of drug-likeness (QED) is 0.377. The van der Waals surface area contributed by atoms with E-state index in [4.69, 9.17) is 16.3 Å². The zero-order valence-corrected chi connectivity index (χ0v) is 23.4. The van der Waals surface area contributed by atoms with Crippen LogP contribution in [-0.2, 0) is 26.2 Å². The molecule has 0 fully saturated rings. The summed E-state index contributed by atoms with van der Waals surface area (Å²) in [4.78, 5) is 28.1. The lowest BCUT2D eigenvalue weighted by Gasteiger charge is -2.33. The van der Waals surface area contributed by atoms with Crippen molar-refractivity contribution in [2.75, 3.05) is 25.0 Å². The monoisotopic (exact) mass is 557 g/mol. The first-order valence-electron chi connectivity index (χ1n) is 12.1. The summed E-state index contributed by atoms with van der Waals surface area (Å²) in [7, 11) is -1.18. The third-order valence-electron chi connectivity index (χ3n) is 6.28. The van der Waals surface area contributed by atoms with Crippen molar-refractivity contribution in [1.82, 2.24) is 10.2 Å². The van der Waals surface area contributed by atoms with Gasteiger partial charge in [-0.3, -0.25) is 13.9 Å². The summed E-state index contributed by atoms with van der Waals surface area (Å²) in [6.45, 7) is 3.36. The standard InChI is InChI=1S/C28H32ClN3O5S/c1-5-26(28(34)30-3)31(18-21-9-7-6-8-20(21)2)27(33)19-32(23-12-10-22(29)11-13-23)38(35,36)25-16-14-24(37-4)15-17-25/h6-17,26H,5,18-19H2,1-4H3,(H,30,34). The highest BCUT2D eigenvalue weighted by Gasteiger charge is 2.33. The van der Waals surface area contributed by atoms with Crippen molar-refractivity contribution in [3.8, 4) is 5.75 Å². The van der Waals surface area contributed by atoms with Crippen LogP contribution >= 0.6 is 11.6 Å². The molecule has 1 atom stereocenters. The zero-order chi connectivity index (χ0) is 27.9. The fraction of sp³-hybridized carbons (Fsp3) is 0.286. The SMILES string of the molecule is CCC(C(=O)NC)N(Cc1ccccc1C)C(=O)CN(c1ccc(Cl)cc1)S(=O)(=O)c1ccc(OC)cc1. The van der Waals surface area contributed by atoms with Crippen LogP contribution in [0.25, 0.3) is 0 Å². The summed E-state index contributed by atoms with van der Waals surface area (Å²) in [5.74, 6) is -0.347. The highest BCUT2D eigenvalue weighted by molar-refractivity contribution is 7.92. The number of benzene rings is 3. The molecule has 0 aliphatic heterocycles. The van der Waals surface area contributed by atoms with Crippen LogP contribution in [0.4, 0.5) is 5.69 Å². The largest absolute Gasteiger partial charge is 0.497 e. The van der Waals surface area contributed by atoms with Crippen molar-refractivity contribution >= 4 is 39.1 Å². The van der Waals surface area contributed by atoms with Gasteiger partial charge in [0.1, 0.15) is 18.3 Å². The van der Waals surface area contributed by atoms with Gasteiger partial charge in [-0.1, -0.05) is 42.8 Å². The van der Waals surface area contributed by atoms with Crippen LogP contribution in [0.1, 0.15) is 24.5 Å². The molecule has 3 aromatic rings. The highest BCUT2D eigenvalue weighted by atomic mass is 35.5. The van der Waals surface area contributed by atoms with Crippen molar-refractivity contribution in [3.63, 3.8) is 0 Å². The smallest absolute Gasteiger partial charge is 0.264 e. The number of aryl methyl sites for hydroxylation is 1. The second-order valence-electron chi connectivity index (χ2n) is 8.65. The number of rotatable bonds is 11. The first-order chi connectivity index (χ1) is 18.1. The van der Waals surface area contributed by atoms with E-state index in [2.05, 4.69) is 5.32 Å². The topological polar surface area (TPSA) is 96.0 Å². The van der Waals surface area contributed by atoms with E-state index in [1.165, 1.54) is 43.3 Å². The first kappa shape index (κ1) is 29.0. The molecule has 3 aromatic carbocycles. The molecule has 0 aliphatic rings. The minimum Gasteiger partial charge on any atom is -0.497 e. The van der Waals surface area contributed by atoms with Gasteiger partial charge in [0.05, 0.1) is 17.7 Å². The van der Waals surface area contributed by atoms with Gasteiger partial charge in [0.15, 0.2) is 0 Å². The number of hydrogen-bond acceptors (Lipinski definition) is 5. The number of halogens is 1. The van der Waals surface area contributed by atoms with Gasteiger partial charge >= 0.3 is 0 Å². The van der Waals surface area contributed by atoms with Gasteiger partial charge in [-0.25, -0.2) is 8.42 Å². The number of hydrogen-bond donors (Lipinski definition) is 1. The lowest BCUT2D eigenvalue weighted by molar-refractivity contribution is -0.140. The molecule has 0 heterocycles. The van der Waals surface area contributed by atoms with Gasteiger partial charge in [0, 0.05) is 18.6 Å². The Kier molecular flexibility index (Phi) is 9.77. The summed E-state index contributed by atoms with van der Waals surface area (Å²) in [6, 6.07) is 18.9. The predicted octanol–water partition coefficient (Wildman–Crippen LogP) is 4.41. The summed E-state index contributed by atoms with van der Waals surface area (Å²) >= 11 is 6.05. The number of carbonyl (C=O) groups excluding carboxylic acids is 2. The number of sulfonamides is 1. The molecule has 1 unspecified atom stereocenters. The van der Waals surface area contributed by atoms with E-state index in [0.717, 1.165) is 15.4 Å². The molecule has 1 N–H and O–H groups in total. The van der Waals surface area contributed by atoms with Crippen LogP contribution in [0.2, 0.25) is 5.02 Å². The maximum atomic E-state index is 13.9. The molecule has 0 saturated heterocycles. The molecule has 10 heteroatoms. The molecular weight excluding hydrogens is 526 g/mol. The Morgan fingerprint density at radius 3 is 2.18 bits per heavy atom. The molecule has 202 valence electrons. The van der Waals surface area contributed by atoms with Crippen LogP contribution in [0.5, 0.6) is 5.75 Å². The van der Waals surface area contributed by atoms with Crippen molar-refractivity contribution in [1.29, 1.82) is 0 Å². The number of ether oxygens (including phenoxy) is 1. The van der Waals surface area contributed by atoms with E-state index in [-0.39, 0.29) is 23.0 Å². The molecule has 0 saturated carbocycles. The van der Waals surface area contributed by atoms with Gasteiger partial charge in [0.2, 0.25) is 11.8 Å². The fourth-order valence-corrected chi connectivity index (χ4v) is 5.61. The normalized spacial score (nSPS) is 11.9. The van der Waals surface area contributed by atoms with E-state index in [1.807, 2.05) is 38.1 Å². The van der Waals surface area contributed by atoms with Crippen LogP contribution in [0, 0.1) is 6.92 Å². The Hall–Kier alpha value is -3.56. The Morgan fingerprint density at radius 2 is 1.63 bits per heavy atom. The van der Waals surface area contributed by atoms with Crippen molar-refractivity contribution in [3.05, 3.63) is 88.9 Å². The lowest BCUT2D eigenvalue weighted by atomic mass is 10.1. The van der Waals surface area contributed by atoms with E-state index < -0.39 is 28.5 Å². The summed E-state index contributed by atoms with van der Waals surface area (Å²) in [5.41, 5.74) is 2.08. The number of carbonyl (C=O) groups is 2. The molecule has 38 heavy (non-hydrogen) atoms. The highest BCUT2D eigenvalue weighted by Crippen LogP contribution is 2.27. The third kappa shape index (κ3) is 6.65. The van der Waals surface area contributed by atoms with Gasteiger partial charge < -0.3 is 15.0 Å². The van der Waals surface area contributed by atoms with Crippen LogP contribution in [0.15, 0.2) is 77.7 Å². The van der Waals surface area contributed by atoms with Gasteiger partial charge in [0.25, 0.3) is 10.0 Å². The van der Waals surface area contributed by atoms with Gasteiger partial charge in [-0.15, -0.1) is 0 Å². The molecule has 0 aliphatic carbocycles. The molecule has 0 spiro atoms. The van der Waals surface area contributed by atoms with E-state index in [1.54, 1.807) is 24.3 Å². The summed E-state index contributed by atoms with van der Waals surface area (Å²) in [5, 5.41) is 3.04. The average molecular weight is 558 g/mol. The lowest BCUT2D eigenvalue weighted by Crippen LogP contribution is -2.51. The van der Waals surface area contributed by atoms with Crippen LogP contribution in [0.3, 0.4) is 0 Å². The van der Waals surface area contributed by atoms with Gasteiger partial charge in [-0.2, -0.15) is 0 Å². The second-order valence-corrected chi connectivity index (χ2v) is 10.9. The van der Waals surface area contributed by atoms with E-state index in [9.17, 15) is 18.0 Å². The Balaban J connectivity index is 2.06. The molecule has 0 radical (unpaired) electrons. The van der Waals surface area contributed by atoms with E-state index >= 15 is 0 Å². The Bertz CT molecular complexity index is 1360. The molecule has 8 nitrogen and oxygen atoms in total. The molecule has 0 aromatic heterocycles. The number of nitrogens with one attached hydrogen (secondary N) is 1. The predicted molar refractivity (Wildman–Crippen MR) is 149 cm³/mol. The summed E-state index contributed by atoms with van der Waals surface area (Å²) < 4.78 is 33.8. The molecule has 3 rings (SSSR count). The van der Waals surface area contributed by atoms with Crippen LogP contribution in [-0.4, -0.2) is 51.9 Å². The average Bonchev–Trinajstić information content (AvgIpc) is 2.92. The Morgan fingerprint density at radius 1 is 1.00 bits per heavy atom. The van der Waals surface area contributed by atoms with Gasteiger partial charge in [-0.05, 0) is 73.0 Å². The third-order valence-corrected chi connectivity index (χ3v) is 8.32. The Labute approximate surface area is 229 Å². The van der Waals surface area contributed by atoms with Crippen molar-refractivity contribution in [2.24, 2.45) is 0 Å². The number of amides is 2.